The fourth-order valence-electron chi connectivity index (χ4n) is 4.70. The molecule has 1 saturated heterocycles. The van der Waals surface area contributed by atoms with Crippen LogP contribution in [-0.4, -0.2) is 70.2 Å². The fraction of sp³-hybridized carbons (Fsp3) is 0.333. The largest absolute Gasteiger partial charge is 0.379 e. The van der Waals surface area contributed by atoms with Crippen molar-refractivity contribution in [3.63, 3.8) is 0 Å². The molecule has 0 aliphatic carbocycles. The number of fused-ring (bicyclic) bond motifs is 1. The Bertz CT molecular complexity index is 1210. The van der Waals surface area contributed by atoms with Crippen LogP contribution in [0.15, 0.2) is 48.5 Å². The van der Waals surface area contributed by atoms with E-state index in [9.17, 15) is 14.9 Å². The van der Waals surface area contributed by atoms with Crippen LogP contribution in [0, 0.1) is 10.1 Å². The predicted molar refractivity (Wildman–Crippen MR) is 127 cm³/mol. The molecule has 34 heavy (non-hydrogen) atoms. The number of carbonyl (C=O) groups is 1. The van der Waals surface area contributed by atoms with E-state index in [4.69, 9.17) is 16.3 Å². The number of carbonyl (C=O) groups excluding carboxylic acids is 1. The summed E-state index contributed by atoms with van der Waals surface area (Å²) in [5.41, 5.74) is 3.30. The lowest BCUT2D eigenvalue weighted by atomic mass is 9.95. The molecule has 10 heteroatoms. The maximum Gasteiger partial charge on any atom is 0.273 e. The molecule has 1 fully saturated rings. The van der Waals surface area contributed by atoms with Gasteiger partial charge in [0.05, 0.1) is 29.9 Å². The second kappa shape index (κ2) is 9.54. The zero-order chi connectivity index (χ0) is 23.7. The molecule has 1 aromatic heterocycles. The molecule has 3 heterocycles. The van der Waals surface area contributed by atoms with Gasteiger partial charge in [-0.2, -0.15) is 5.10 Å². The van der Waals surface area contributed by atoms with Crippen LogP contribution in [0.1, 0.15) is 34.1 Å². The molecular weight excluding hydrogens is 458 g/mol. The molecule has 2 aliphatic rings. The first kappa shape index (κ1) is 22.5. The van der Waals surface area contributed by atoms with Gasteiger partial charge in [0.1, 0.15) is 5.69 Å². The first-order chi connectivity index (χ1) is 16.5. The Hall–Kier alpha value is -3.27. The molecule has 2 aliphatic heterocycles. The minimum atomic E-state index is -0.475. The molecule has 0 saturated carbocycles. The van der Waals surface area contributed by atoms with Gasteiger partial charge in [0.2, 0.25) is 0 Å². The Morgan fingerprint density at radius 2 is 1.91 bits per heavy atom. The summed E-state index contributed by atoms with van der Waals surface area (Å²) in [7, 11) is 0. The van der Waals surface area contributed by atoms with Gasteiger partial charge in [-0.05, 0) is 24.1 Å². The molecule has 0 bridgehead atoms. The highest BCUT2D eigenvalue weighted by atomic mass is 35.5. The number of nitro groups is 1. The van der Waals surface area contributed by atoms with E-state index in [0.29, 0.717) is 28.5 Å². The van der Waals surface area contributed by atoms with Crippen LogP contribution in [0.3, 0.4) is 0 Å². The Kier molecular flexibility index (Phi) is 6.32. The number of hydrogen-bond donors (Lipinski definition) is 1. The van der Waals surface area contributed by atoms with Crippen LogP contribution >= 0.6 is 11.6 Å². The highest BCUT2D eigenvalue weighted by Gasteiger charge is 2.42. The standard InChI is InChI=1S/C24H24ClN5O4/c25-18-7-5-16(6-8-18)21-20-22(27-26-21)24(31)29(10-2-9-28-11-13-34-14-12-28)23(20)17-3-1-4-19(15-17)30(32)33/h1,3-8,15,23H,2,9-14H2,(H,26,27). The summed E-state index contributed by atoms with van der Waals surface area (Å²) in [5, 5.41) is 19.4. The van der Waals surface area contributed by atoms with Crippen molar-refractivity contribution in [2.24, 2.45) is 0 Å². The predicted octanol–water partition coefficient (Wildman–Crippen LogP) is 3.91. The molecule has 1 N–H and O–H groups in total. The average Bonchev–Trinajstić information content (AvgIpc) is 3.39. The number of H-pyrrole nitrogens is 1. The summed E-state index contributed by atoms with van der Waals surface area (Å²) in [4.78, 5) is 28.6. The average molecular weight is 482 g/mol. The van der Waals surface area contributed by atoms with Gasteiger partial charge in [-0.1, -0.05) is 35.9 Å². The molecule has 1 atom stereocenters. The van der Waals surface area contributed by atoms with Crippen molar-refractivity contribution in [1.29, 1.82) is 0 Å². The first-order valence-electron chi connectivity index (χ1n) is 11.2. The third-order valence-electron chi connectivity index (χ3n) is 6.36. The van der Waals surface area contributed by atoms with E-state index in [0.717, 1.165) is 50.4 Å². The van der Waals surface area contributed by atoms with Gasteiger partial charge in [0.25, 0.3) is 11.6 Å². The number of ether oxygens (including phenoxy) is 1. The number of aromatic amines is 1. The number of nitrogens with zero attached hydrogens (tertiary/aromatic N) is 4. The smallest absolute Gasteiger partial charge is 0.273 e. The van der Waals surface area contributed by atoms with Crippen molar-refractivity contribution in [2.45, 2.75) is 12.5 Å². The Balaban J connectivity index is 1.50. The number of nitro benzene ring substituents is 1. The minimum Gasteiger partial charge on any atom is -0.379 e. The third-order valence-corrected chi connectivity index (χ3v) is 6.61. The van der Waals surface area contributed by atoms with Crippen LogP contribution in [0.4, 0.5) is 5.69 Å². The van der Waals surface area contributed by atoms with Crippen molar-refractivity contribution in [2.75, 3.05) is 39.4 Å². The van der Waals surface area contributed by atoms with E-state index in [1.807, 2.05) is 18.2 Å². The van der Waals surface area contributed by atoms with Crippen LogP contribution in [-0.2, 0) is 4.74 Å². The van der Waals surface area contributed by atoms with Gasteiger partial charge in [0.15, 0.2) is 0 Å². The van der Waals surface area contributed by atoms with Crippen molar-refractivity contribution in [3.05, 3.63) is 80.5 Å². The lowest BCUT2D eigenvalue weighted by molar-refractivity contribution is -0.384. The van der Waals surface area contributed by atoms with Crippen molar-refractivity contribution < 1.29 is 14.5 Å². The maximum absolute atomic E-state index is 13.4. The number of morpholine rings is 1. The quantitative estimate of drug-likeness (QED) is 0.405. The molecule has 2 aromatic carbocycles. The number of hydrogen-bond acceptors (Lipinski definition) is 6. The molecule has 3 aromatic rings. The van der Waals surface area contributed by atoms with E-state index < -0.39 is 11.0 Å². The normalized spacial score (nSPS) is 18.3. The number of amides is 1. The van der Waals surface area contributed by atoms with Crippen molar-refractivity contribution in [3.8, 4) is 11.3 Å². The Morgan fingerprint density at radius 3 is 2.65 bits per heavy atom. The van der Waals surface area contributed by atoms with Crippen LogP contribution in [0.5, 0.6) is 0 Å². The molecule has 1 amide bonds. The SMILES string of the molecule is O=C1c2[nH]nc(-c3ccc(Cl)cc3)c2C(c2cccc([N+](=O)[O-])c2)N1CCCN1CCOCC1. The molecule has 9 nitrogen and oxygen atoms in total. The molecular formula is C24H24ClN5O4. The van der Waals surface area contributed by atoms with E-state index >= 15 is 0 Å². The number of benzene rings is 2. The topological polar surface area (TPSA) is 105 Å². The van der Waals surface area contributed by atoms with E-state index in [2.05, 4.69) is 15.1 Å². The Morgan fingerprint density at radius 1 is 1.15 bits per heavy atom. The number of non-ortho nitro benzene ring substituents is 1. The monoisotopic (exact) mass is 481 g/mol. The van der Waals surface area contributed by atoms with Gasteiger partial charge in [-0.15, -0.1) is 0 Å². The number of rotatable bonds is 7. The van der Waals surface area contributed by atoms with E-state index in [1.54, 1.807) is 29.2 Å². The Labute approximate surface area is 201 Å². The highest BCUT2D eigenvalue weighted by Crippen LogP contribution is 2.43. The van der Waals surface area contributed by atoms with E-state index in [1.165, 1.54) is 6.07 Å². The van der Waals surface area contributed by atoms with Crippen LogP contribution in [0.25, 0.3) is 11.3 Å². The molecule has 176 valence electrons. The lowest BCUT2D eigenvalue weighted by Gasteiger charge is -2.29. The van der Waals surface area contributed by atoms with Crippen molar-refractivity contribution in [1.82, 2.24) is 20.0 Å². The zero-order valence-electron chi connectivity index (χ0n) is 18.4. The van der Waals surface area contributed by atoms with E-state index in [-0.39, 0.29) is 11.6 Å². The summed E-state index contributed by atoms with van der Waals surface area (Å²) in [6.07, 6.45) is 0.783. The van der Waals surface area contributed by atoms with Crippen LogP contribution < -0.4 is 0 Å². The summed E-state index contributed by atoms with van der Waals surface area (Å²) in [5.74, 6) is -0.152. The molecule has 0 spiro atoms. The first-order valence-corrected chi connectivity index (χ1v) is 11.6. The summed E-state index contributed by atoms with van der Waals surface area (Å²) < 4.78 is 5.42. The molecule has 0 radical (unpaired) electrons. The van der Waals surface area contributed by atoms with Crippen LogP contribution in [0.2, 0.25) is 5.02 Å². The van der Waals surface area contributed by atoms with Gasteiger partial charge in [-0.3, -0.25) is 24.9 Å². The maximum atomic E-state index is 13.4. The summed E-state index contributed by atoms with van der Waals surface area (Å²) >= 11 is 6.06. The molecule has 1 unspecified atom stereocenters. The summed E-state index contributed by atoms with van der Waals surface area (Å²) in [6.45, 7) is 4.58. The second-order valence-electron chi connectivity index (χ2n) is 8.43. The zero-order valence-corrected chi connectivity index (χ0v) is 19.2. The summed E-state index contributed by atoms with van der Waals surface area (Å²) in [6, 6.07) is 13.3. The number of halogens is 1. The van der Waals surface area contributed by atoms with Gasteiger partial charge in [0, 0.05) is 54.5 Å². The fourth-order valence-corrected chi connectivity index (χ4v) is 4.83. The minimum absolute atomic E-state index is 0.0109. The highest BCUT2D eigenvalue weighted by molar-refractivity contribution is 6.30. The van der Waals surface area contributed by atoms with Crippen molar-refractivity contribution >= 4 is 23.2 Å². The number of aromatic nitrogens is 2. The third kappa shape index (κ3) is 4.29. The lowest BCUT2D eigenvalue weighted by Crippen LogP contribution is -2.38. The van der Waals surface area contributed by atoms with Gasteiger partial charge in [-0.25, -0.2) is 0 Å². The van der Waals surface area contributed by atoms with Gasteiger partial charge < -0.3 is 9.64 Å². The second-order valence-corrected chi connectivity index (χ2v) is 8.86. The molecule has 5 rings (SSSR count). The number of nitrogens with one attached hydrogen (secondary N) is 1. The van der Waals surface area contributed by atoms with Gasteiger partial charge >= 0.3 is 0 Å².